The predicted molar refractivity (Wildman–Crippen MR) is 124 cm³/mol. The Balaban J connectivity index is 1.70. The minimum absolute atomic E-state index is 0.126. The van der Waals surface area contributed by atoms with Crippen LogP contribution in [0.1, 0.15) is 35.6 Å². The number of methoxy groups -OCH3 is 1. The third-order valence-corrected chi connectivity index (χ3v) is 6.03. The van der Waals surface area contributed by atoms with Crippen LogP contribution in [0.4, 0.5) is 0 Å². The summed E-state index contributed by atoms with van der Waals surface area (Å²) in [7, 11) is 1.66. The van der Waals surface area contributed by atoms with E-state index in [1.54, 1.807) is 7.11 Å². The second-order valence-electron chi connectivity index (χ2n) is 8.16. The lowest BCUT2D eigenvalue weighted by Crippen LogP contribution is -2.41. The minimum Gasteiger partial charge on any atom is -0.497 e. The van der Waals surface area contributed by atoms with Gasteiger partial charge in [-0.1, -0.05) is 60.7 Å². The lowest BCUT2D eigenvalue weighted by molar-refractivity contribution is -0.143. The number of likely N-dealkylation sites (tertiary alicyclic amines) is 1. The molecule has 3 aromatic rings. The topological polar surface area (TPSA) is 59.0 Å². The van der Waals surface area contributed by atoms with Crippen LogP contribution >= 0.6 is 0 Å². The van der Waals surface area contributed by atoms with Crippen LogP contribution in [-0.4, -0.2) is 36.2 Å². The molecule has 0 radical (unpaired) electrons. The Morgan fingerprint density at radius 1 is 1.06 bits per heavy atom. The maximum Gasteiger partial charge on any atom is 0.307 e. The van der Waals surface area contributed by atoms with Gasteiger partial charge in [-0.2, -0.15) is 0 Å². The Morgan fingerprint density at radius 2 is 1.84 bits per heavy atom. The Kier molecular flexibility index (Phi) is 7.07. The summed E-state index contributed by atoms with van der Waals surface area (Å²) in [4.78, 5) is 14.0. The Morgan fingerprint density at radius 3 is 2.62 bits per heavy atom. The summed E-state index contributed by atoms with van der Waals surface area (Å²) in [6.07, 6.45) is 1.56. The fourth-order valence-corrected chi connectivity index (χ4v) is 4.41. The number of ether oxygens (including phenoxy) is 2. The number of rotatable bonds is 8. The molecule has 0 spiro atoms. The monoisotopic (exact) mass is 431 g/mol. The molecule has 0 aromatic heterocycles. The van der Waals surface area contributed by atoms with Crippen LogP contribution in [0.3, 0.4) is 0 Å². The van der Waals surface area contributed by atoms with Gasteiger partial charge in [0.1, 0.15) is 18.1 Å². The first kappa shape index (κ1) is 21.9. The summed E-state index contributed by atoms with van der Waals surface area (Å²) >= 11 is 0. The van der Waals surface area contributed by atoms with Gasteiger partial charge in [0, 0.05) is 12.1 Å². The quantitative estimate of drug-likeness (QED) is 0.534. The van der Waals surface area contributed by atoms with Crippen molar-refractivity contribution < 1.29 is 19.4 Å². The van der Waals surface area contributed by atoms with E-state index in [0.717, 1.165) is 41.2 Å². The number of hydrogen-bond donors (Lipinski definition) is 1. The molecule has 4 rings (SSSR count). The summed E-state index contributed by atoms with van der Waals surface area (Å²) in [6.45, 7) is 1.81. The van der Waals surface area contributed by atoms with Crippen molar-refractivity contribution >= 4 is 5.97 Å². The molecule has 2 atom stereocenters. The number of para-hydroxylation sites is 1. The summed E-state index contributed by atoms with van der Waals surface area (Å²) < 4.78 is 11.8. The van der Waals surface area contributed by atoms with Crippen LogP contribution in [0.2, 0.25) is 0 Å². The number of nitrogens with zero attached hydrogens (tertiary/aromatic N) is 1. The predicted octanol–water partition coefficient (Wildman–Crippen LogP) is 5.16. The molecular formula is C27H29NO4. The van der Waals surface area contributed by atoms with Gasteiger partial charge in [0.2, 0.25) is 0 Å². The van der Waals surface area contributed by atoms with Crippen molar-refractivity contribution in [3.05, 3.63) is 95.6 Å². The summed E-state index contributed by atoms with van der Waals surface area (Å²) in [5.41, 5.74) is 3.19. The molecule has 166 valence electrons. The van der Waals surface area contributed by atoms with E-state index in [0.29, 0.717) is 19.6 Å². The summed E-state index contributed by atoms with van der Waals surface area (Å²) in [5.74, 6) is 0.491. The molecule has 1 aliphatic heterocycles. The van der Waals surface area contributed by atoms with Crippen LogP contribution in [0, 0.1) is 5.92 Å². The average Bonchev–Trinajstić information content (AvgIpc) is 2.84. The van der Waals surface area contributed by atoms with E-state index in [9.17, 15) is 9.90 Å². The van der Waals surface area contributed by atoms with Gasteiger partial charge in [-0.3, -0.25) is 9.69 Å². The maximum atomic E-state index is 11.8. The lowest BCUT2D eigenvalue weighted by atomic mass is 9.91. The molecule has 1 heterocycles. The largest absolute Gasteiger partial charge is 0.497 e. The Labute approximate surface area is 189 Å². The zero-order valence-electron chi connectivity index (χ0n) is 18.3. The van der Waals surface area contributed by atoms with Gasteiger partial charge in [0.25, 0.3) is 0 Å². The van der Waals surface area contributed by atoms with Gasteiger partial charge in [-0.25, -0.2) is 0 Å². The van der Waals surface area contributed by atoms with E-state index in [4.69, 9.17) is 9.47 Å². The average molecular weight is 432 g/mol. The van der Waals surface area contributed by atoms with Gasteiger partial charge < -0.3 is 14.6 Å². The highest BCUT2D eigenvalue weighted by Crippen LogP contribution is 2.38. The smallest absolute Gasteiger partial charge is 0.307 e. The highest BCUT2D eigenvalue weighted by molar-refractivity contribution is 5.70. The molecule has 0 bridgehead atoms. The third kappa shape index (κ3) is 5.11. The molecule has 32 heavy (non-hydrogen) atoms. The van der Waals surface area contributed by atoms with Crippen LogP contribution in [-0.2, 0) is 11.4 Å². The van der Waals surface area contributed by atoms with Crippen molar-refractivity contribution in [3.8, 4) is 11.5 Å². The zero-order chi connectivity index (χ0) is 22.3. The van der Waals surface area contributed by atoms with E-state index in [1.807, 2.05) is 66.7 Å². The van der Waals surface area contributed by atoms with E-state index in [-0.39, 0.29) is 12.0 Å². The fourth-order valence-electron chi connectivity index (χ4n) is 4.41. The SMILES string of the molecule is COc1cccc(C(c2ccccc2OCc2ccccc2)N2CCCC(C(=O)O)C2)c1. The molecule has 2 unspecified atom stereocenters. The van der Waals surface area contributed by atoms with Gasteiger partial charge >= 0.3 is 5.97 Å². The molecule has 0 saturated carbocycles. The number of carboxylic acid groups (broad SMARTS) is 1. The van der Waals surface area contributed by atoms with Gasteiger partial charge in [-0.05, 0) is 48.7 Å². The Bertz CT molecular complexity index is 1040. The number of carbonyl (C=O) groups is 1. The third-order valence-electron chi connectivity index (χ3n) is 6.03. The number of benzene rings is 3. The van der Waals surface area contributed by atoms with Crippen molar-refractivity contribution in [1.29, 1.82) is 0 Å². The number of aliphatic carboxylic acids is 1. The van der Waals surface area contributed by atoms with Crippen LogP contribution in [0.5, 0.6) is 11.5 Å². The zero-order valence-corrected chi connectivity index (χ0v) is 18.3. The second-order valence-corrected chi connectivity index (χ2v) is 8.16. The van der Waals surface area contributed by atoms with E-state index >= 15 is 0 Å². The molecule has 0 aliphatic carbocycles. The highest BCUT2D eigenvalue weighted by Gasteiger charge is 2.32. The number of carboxylic acids is 1. The van der Waals surface area contributed by atoms with Crippen molar-refractivity contribution in [3.63, 3.8) is 0 Å². The van der Waals surface area contributed by atoms with E-state index < -0.39 is 5.97 Å². The van der Waals surface area contributed by atoms with Crippen LogP contribution in [0.25, 0.3) is 0 Å². The molecule has 1 aliphatic rings. The normalized spacial score (nSPS) is 17.5. The van der Waals surface area contributed by atoms with Crippen molar-refractivity contribution in [2.45, 2.75) is 25.5 Å². The number of piperidine rings is 1. The van der Waals surface area contributed by atoms with Crippen LogP contribution in [0.15, 0.2) is 78.9 Å². The fraction of sp³-hybridized carbons (Fsp3) is 0.296. The highest BCUT2D eigenvalue weighted by atomic mass is 16.5. The molecule has 0 amide bonds. The van der Waals surface area contributed by atoms with Gasteiger partial charge in [0.15, 0.2) is 0 Å². The first-order valence-corrected chi connectivity index (χ1v) is 11.0. The maximum absolute atomic E-state index is 11.8. The number of hydrogen-bond acceptors (Lipinski definition) is 4. The lowest BCUT2D eigenvalue weighted by Gasteiger charge is -2.38. The molecule has 1 saturated heterocycles. The molecular weight excluding hydrogens is 402 g/mol. The Hall–Kier alpha value is -3.31. The van der Waals surface area contributed by atoms with Crippen LogP contribution < -0.4 is 9.47 Å². The van der Waals surface area contributed by atoms with Gasteiger partial charge in [0.05, 0.1) is 19.1 Å². The standard InChI is InChI=1S/C27H29NO4/c1-31-23-13-7-11-21(17-23)26(28-16-8-12-22(18-28)27(29)30)24-14-5-6-15-25(24)32-19-20-9-3-2-4-10-20/h2-7,9-11,13-15,17,22,26H,8,12,16,18-19H2,1H3,(H,29,30). The second kappa shape index (κ2) is 10.3. The molecule has 1 N–H and O–H groups in total. The molecule has 5 nitrogen and oxygen atoms in total. The summed E-state index contributed by atoms with van der Waals surface area (Å²) in [6, 6.07) is 26.0. The molecule has 1 fully saturated rings. The van der Waals surface area contributed by atoms with Gasteiger partial charge in [-0.15, -0.1) is 0 Å². The minimum atomic E-state index is -0.729. The first-order chi connectivity index (χ1) is 15.7. The summed E-state index contributed by atoms with van der Waals surface area (Å²) in [5, 5.41) is 9.65. The van der Waals surface area contributed by atoms with E-state index in [2.05, 4.69) is 17.0 Å². The van der Waals surface area contributed by atoms with Crippen molar-refractivity contribution in [1.82, 2.24) is 4.90 Å². The van der Waals surface area contributed by atoms with E-state index in [1.165, 1.54) is 0 Å². The molecule has 5 heteroatoms. The van der Waals surface area contributed by atoms with Crippen molar-refractivity contribution in [2.75, 3.05) is 20.2 Å². The first-order valence-electron chi connectivity index (χ1n) is 11.0. The van der Waals surface area contributed by atoms with Crippen molar-refractivity contribution in [2.24, 2.45) is 5.92 Å². The molecule has 3 aromatic carbocycles.